The van der Waals surface area contributed by atoms with Crippen LogP contribution in [-0.4, -0.2) is 11.5 Å². The van der Waals surface area contributed by atoms with E-state index in [1.165, 1.54) is 11.3 Å². The van der Waals surface area contributed by atoms with Crippen molar-refractivity contribution in [3.63, 3.8) is 0 Å². The lowest BCUT2D eigenvalue weighted by Crippen LogP contribution is -2.23. The van der Waals surface area contributed by atoms with Crippen molar-refractivity contribution < 1.29 is 0 Å². The van der Waals surface area contributed by atoms with E-state index in [1.54, 1.807) is 0 Å². The minimum atomic E-state index is 0.331. The molecule has 0 aliphatic carbocycles. The van der Waals surface area contributed by atoms with Crippen molar-refractivity contribution in [3.8, 4) is 11.8 Å². The quantitative estimate of drug-likeness (QED) is 0.759. The molecule has 1 N–H and O–H groups in total. The second-order valence-electron chi connectivity index (χ2n) is 4.18. The minimum absolute atomic E-state index is 0.331. The van der Waals surface area contributed by atoms with Crippen LogP contribution in [0.1, 0.15) is 50.4 Å². The SMILES string of the molecule is CC#CCCC(NCCC)c1ncccc1C. The Kier molecular flexibility index (Phi) is 6.35. The molecule has 0 saturated carbocycles. The molecular formula is C15H22N2. The van der Waals surface area contributed by atoms with Crippen molar-refractivity contribution in [1.29, 1.82) is 0 Å². The molecule has 0 spiro atoms. The number of pyridine rings is 1. The van der Waals surface area contributed by atoms with Crippen LogP contribution in [0.4, 0.5) is 0 Å². The Labute approximate surface area is 105 Å². The standard InChI is InChI=1S/C15H22N2/c1-4-6-7-10-14(16-11-5-2)15-13(3)9-8-12-17-15/h8-9,12,14,16H,5,7,10-11H2,1-3H3. The maximum atomic E-state index is 4.50. The van der Waals surface area contributed by atoms with Gasteiger partial charge in [0.2, 0.25) is 0 Å². The van der Waals surface area contributed by atoms with Gasteiger partial charge in [-0.2, -0.15) is 0 Å². The van der Waals surface area contributed by atoms with E-state index in [1.807, 2.05) is 19.2 Å². The average molecular weight is 230 g/mol. The maximum absolute atomic E-state index is 4.50. The largest absolute Gasteiger partial charge is 0.309 e. The molecule has 1 aromatic rings. The molecule has 1 unspecified atom stereocenters. The van der Waals surface area contributed by atoms with Gasteiger partial charge in [-0.25, -0.2) is 0 Å². The summed E-state index contributed by atoms with van der Waals surface area (Å²) in [6.07, 6.45) is 4.96. The zero-order valence-electron chi connectivity index (χ0n) is 11.1. The van der Waals surface area contributed by atoms with Gasteiger partial charge in [-0.05, 0) is 44.9 Å². The molecule has 0 amide bonds. The molecule has 0 aromatic carbocycles. The highest BCUT2D eigenvalue weighted by Crippen LogP contribution is 2.19. The number of nitrogens with zero attached hydrogens (tertiary/aromatic N) is 1. The number of rotatable bonds is 6. The number of hydrogen-bond donors (Lipinski definition) is 1. The number of aryl methyl sites for hydroxylation is 1. The molecule has 0 aliphatic heterocycles. The second kappa shape index (κ2) is 7.86. The third kappa shape index (κ3) is 4.58. The molecular weight excluding hydrogens is 208 g/mol. The lowest BCUT2D eigenvalue weighted by molar-refractivity contribution is 0.492. The summed E-state index contributed by atoms with van der Waals surface area (Å²) in [4.78, 5) is 4.50. The molecule has 92 valence electrons. The minimum Gasteiger partial charge on any atom is -0.309 e. The maximum Gasteiger partial charge on any atom is 0.0602 e. The smallest absolute Gasteiger partial charge is 0.0602 e. The van der Waals surface area contributed by atoms with Crippen LogP contribution in [0, 0.1) is 18.8 Å². The van der Waals surface area contributed by atoms with Crippen LogP contribution in [0.2, 0.25) is 0 Å². The van der Waals surface area contributed by atoms with Crippen molar-refractivity contribution in [2.24, 2.45) is 0 Å². The van der Waals surface area contributed by atoms with Gasteiger partial charge >= 0.3 is 0 Å². The van der Waals surface area contributed by atoms with Gasteiger partial charge in [-0.1, -0.05) is 13.0 Å². The van der Waals surface area contributed by atoms with Crippen molar-refractivity contribution in [1.82, 2.24) is 10.3 Å². The molecule has 0 saturated heterocycles. The zero-order valence-corrected chi connectivity index (χ0v) is 11.1. The number of aromatic nitrogens is 1. The molecule has 0 fully saturated rings. The molecule has 0 aliphatic rings. The average Bonchev–Trinajstić information content (AvgIpc) is 2.35. The Morgan fingerprint density at radius 2 is 2.29 bits per heavy atom. The van der Waals surface area contributed by atoms with Crippen LogP contribution >= 0.6 is 0 Å². The molecule has 1 aromatic heterocycles. The van der Waals surface area contributed by atoms with Crippen LogP contribution in [0.3, 0.4) is 0 Å². The molecule has 0 bridgehead atoms. The third-order valence-electron chi connectivity index (χ3n) is 2.76. The Balaban J connectivity index is 2.73. The monoisotopic (exact) mass is 230 g/mol. The van der Waals surface area contributed by atoms with Crippen LogP contribution in [-0.2, 0) is 0 Å². The summed E-state index contributed by atoms with van der Waals surface area (Å²) in [5.74, 6) is 6.07. The molecule has 2 heteroatoms. The van der Waals surface area contributed by atoms with E-state index in [-0.39, 0.29) is 0 Å². The van der Waals surface area contributed by atoms with E-state index in [0.29, 0.717) is 6.04 Å². The Morgan fingerprint density at radius 3 is 2.94 bits per heavy atom. The first-order valence-corrected chi connectivity index (χ1v) is 6.34. The summed E-state index contributed by atoms with van der Waals surface area (Å²) in [5.41, 5.74) is 2.42. The fourth-order valence-corrected chi connectivity index (χ4v) is 1.86. The summed E-state index contributed by atoms with van der Waals surface area (Å²) in [6, 6.07) is 4.44. The summed E-state index contributed by atoms with van der Waals surface area (Å²) < 4.78 is 0. The van der Waals surface area contributed by atoms with Crippen molar-refractivity contribution >= 4 is 0 Å². The summed E-state index contributed by atoms with van der Waals surface area (Å²) in [7, 11) is 0. The zero-order chi connectivity index (χ0) is 12.5. The summed E-state index contributed by atoms with van der Waals surface area (Å²) >= 11 is 0. The first-order valence-electron chi connectivity index (χ1n) is 6.34. The molecule has 17 heavy (non-hydrogen) atoms. The van der Waals surface area contributed by atoms with Crippen LogP contribution in [0.25, 0.3) is 0 Å². The highest BCUT2D eigenvalue weighted by molar-refractivity contribution is 5.21. The predicted octanol–water partition coefficient (Wildman–Crippen LogP) is 3.23. The molecule has 2 nitrogen and oxygen atoms in total. The van der Waals surface area contributed by atoms with E-state index in [0.717, 1.165) is 25.8 Å². The van der Waals surface area contributed by atoms with Gasteiger partial charge in [0.1, 0.15) is 0 Å². The number of nitrogens with one attached hydrogen (secondary N) is 1. The fraction of sp³-hybridized carbons (Fsp3) is 0.533. The van der Waals surface area contributed by atoms with Gasteiger partial charge in [-0.15, -0.1) is 11.8 Å². The predicted molar refractivity (Wildman–Crippen MR) is 72.7 cm³/mol. The highest BCUT2D eigenvalue weighted by Gasteiger charge is 2.13. The van der Waals surface area contributed by atoms with Gasteiger partial charge in [-0.3, -0.25) is 4.98 Å². The highest BCUT2D eigenvalue weighted by atomic mass is 14.9. The van der Waals surface area contributed by atoms with Crippen molar-refractivity contribution in [2.75, 3.05) is 6.54 Å². The lowest BCUT2D eigenvalue weighted by atomic mass is 10.0. The van der Waals surface area contributed by atoms with Gasteiger partial charge in [0.25, 0.3) is 0 Å². The van der Waals surface area contributed by atoms with Crippen molar-refractivity contribution in [3.05, 3.63) is 29.6 Å². The molecule has 1 heterocycles. The second-order valence-corrected chi connectivity index (χ2v) is 4.18. The molecule has 1 atom stereocenters. The van der Waals surface area contributed by atoms with Gasteiger partial charge in [0, 0.05) is 12.6 Å². The van der Waals surface area contributed by atoms with Gasteiger partial charge in [0.15, 0.2) is 0 Å². The van der Waals surface area contributed by atoms with E-state index in [4.69, 9.17) is 0 Å². The van der Waals surface area contributed by atoms with E-state index in [9.17, 15) is 0 Å². The van der Waals surface area contributed by atoms with Crippen LogP contribution < -0.4 is 5.32 Å². The fourth-order valence-electron chi connectivity index (χ4n) is 1.86. The number of hydrogen-bond acceptors (Lipinski definition) is 2. The summed E-state index contributed by atoms with van der Waals surface area (Å²) in [6.45, 7) is 7.22. The van der Waals surface area contributed by atoms with Crippen LogP contribution in [0.5, 0.6) is 0 Å². The summed E-state index contributed by atoms with van der Waals surface area (Å²) in [5, 5.41) is 3.56. The van der Waals surface area contributed by atoms with E-state index < -0.39 is 0 Å². The normalized spacial score (nSPS) is 11.7. The lowest BCUT2D eigenvalue weighted by Gasteiger charge is -2.18. The van der Waals surface area contributed by atoms with Gasteiger partial charge in [0.05, 0.1) is 11.7 Å². The van der Waals surface area contributed by atoms with Crippen molar-refractivity contribution in [2.45, 2.75) is 46.1 Å². The topological polar surface area (TPSA) is 24.9 Å². The molecule has 0 radical (unpaired) electrons. The molecule has 1 rings (SSSR count). The third-order valence-corrected chi connectivity index (χ3v) is 2.76. The first kappa shape index (κ1) is 13.7. The Hall–Kier alpha value is -1.33. The van der Waals surface area contributed by atoms with Gasteiger partial charge < -0.3 is 5.32 Å². The van der Waals surface area contributed by atoms with E-state index in [2.05, 4.69) is 42.1 Å². The first-order chi connectivity index (χ1) is 8.29. The van der Waals surface area contributed by atoms with E-state index >= 15 is 0 Å². The van der Waals surface area contributed by atoms with Crippen LogP contribution in [0.15, 0.2) is 18.3 Å². The Morgan fingerprint density at radius 1 is 1.47 bits per heavy atom. The Bertz CT molecular complexity index is 387.